The predicted octanol–water partition coefficient (Wildman–Crippen LogP) is 1.08. The zero-order chi connectivity index (χ0) is 7.28. The number of oxime groups is 2. The third-order valence-corrected chi connectivity index (χ3v) is 0.853. The second-order valence-electron chi connectivity index (χ2n) is 1.85. The van der Waals surface area contributed by atoms with E-state index in [9.17, 15) is 0 Å². The smallest absolute Gasteiger partial charge is 0.0597 e. The largest absolute Gasteiger partial charge is 0.411 e. The Balaban J connectivity index is 3.75. The molecule has 2 N–H and O–H groups in total. The first kappa shape index (κ1) is 7.94. The van der Waals surface area contributed by atoms with E-state index in [1.165, 1.54) is 0 Å². The fraction of sp³-hybridized carbons (Fsp3) is 0.600. The molecule has 0 amide bonds. The van der Waals surface area contributed by atoms with Gasteiger partial charge in [-0.3, -0.25) is 0 Å². The Morgan fingerprint density at radius 3 is 1.67 bits per heavy atom. The van der Waals surface area contributed by atoms with Crippen molar-refractivity contribution in [3.8, 4) is 0 Å². The van der Waals surface area contributed by atoms with Gasteiger partial charge < -0.3 is 10.4 Å². The average Bonchev–Trinajstić information content (AvgIpc) is 1.87. The molecule has 4 heteroatoms. The summed E-state index contributed by atoms with van der Waals surface area (Å²) in [7, 11) is 0. The van der Waals surface area contributed by atoms with E-state index in [2.05, 4.69) is 10.3 Å². The molecule has 0 fully saturated rings. The molecule has 0 atom stereocenters. The van der Waals surface area contributed by atoms with E-state index in [1.54, 1.807) is 13.8 Å². The Bertz CT molecular complexity index is 124. The summed E-state index contributed by atoms with van der Waals surface area (Å²) >= 11 is 0. The fourth-order valence-electron chi connectivity index (χ4n) is 0.441. The van der Waals surface area contributed by atoms with Crippen molar-refractivity contribution in [2.24, 2.45) is 10.3 Å². The van der Waals surface area contributed by atoms with Gasteiger partial charge in [-0.15, -0.1) is 0 Å². The molecule has 0 aromatic rings. The first-order valence-corrected chi connectivity index (χ1v) is 2.55. The van der Waals surface area contributed by atoms with Gasteiger partial charge in [0.1, 0.15) is 0 Å². The molecular weight excluding hydrogens is 120 g/mol. The molecule has 0 bridgehead atoms. The van der Waals surface area contributed by atoms with Crippen molar-refractivity contribution >= 4 is 11.4 Å². The van der Waals surface area contributed by atoms with Gasteiger partial charge in [0.15, 0.2) is 0 Å². The number of hydrogen-bond acceptors (Lipinski definition) is 4. The van der Waals surface area contributed by atoms with Gasteiger partial charge in [-0.1, -0.05) is 10.3 Å². The highest BCUT2D eigenvalue weighted by atomic mass is 16.4. The van der Waals surface area contributed by atoms with Crippen LogP contribution in [0.4, 0.5) is 0 Å². The van der Waals surface area contributed by atoms with E-state index in [-0.39, 0.29) is 0 Å². The lowest BCUT2D eigenvalue weighted by atomic mass is 10.2. The maximum Gasteiger partial charge on any atom is 0.0597 e. The first-order valence-electron chi connectivity index (χ1n) is 2.55. The summed E-state index contributed by atoms with van der Waals surface area (Å²) in [6.45, 7) is 3.30. The second kappa shape index (κ2) is 3.88. The Hall–Kier alpha value is -1.06. The normalized spacial score (nSPS) is 14.0. The summed E-state index contributed by atoms with van der Waals surface area (Å²) in [5.41, 5.74) is 1.07. The van der Waals surface area contributed by atoms with Crippen LogP contribution < -0.4 is 0 Å². The third kappa shape index (κ3) is 3.52. The van der Waals surface area contributed by atoms with Crippen molar-refractivity contribution in [3.63, 3.8) is 0 Å². The van der Waals surface area contributed by atoms with Crippen molar-refractivity contribution in [1.82, 2.24) is 0 Å². The summed E-state index contributed by atoms with van der Waals surface area (Å²) in [6, 6.07) is 0. The average molecular weight is 130 g/mol. The van der Waals surface area contributed by atoms with Gasteiger partial charge in [-0.05, 0) is 13.8 Å². The standard InChI is InChI=1S/C5H10N2O2/c1-4(6-8)3-5(2)7-9/h8-9H,3H2,1-2H3/b6-4+,7-5?. The van der Waals surface area contributed by atoms with Crippen LogP contribution in [-0.4, -0.2) is 21.8 Å². The van der Waals surface area contributed by atoms with Crippen LogP contribution >= 0.6 is 0 Å². The third-order valence-electron chi connectivity index (χ3n) is 0.853. The van der Waals surface area contributed by atoms with Gasteiger partial charge in [-0.2, -0.15) is 0 Å². The molecule has 0 saturated heterocycles. The van der Waals surface area contributed by atoms with Crippen LogP contribution in [0.25, 0.3) is 0 Å². The Kier molecular flexibility index (Phi) is 3.43. The molecule has 4 nitrogen and oxygen atoms in total. The highest BCUT2D eigenvalue weighted by Crippen LogP contribution is 1.87. The Morgan fingerprint density at radius 2 is 1.44 bits per heavy atom. The number of hydrogen-bond donors (Lipinski definition) is 2. The lowest BCUT2D eigenvalue weighted by molar-refractivity contribution is 0.315. The predicted molar refractivity (Wildman–Crippen MR) is 34.4 cm³/mol. The lowest BCUT2D eigenvalue weighted by Crippen LogP contribution is -1.99. The maximum atomic E-state index is 8.13. The quantitative estimate of drug-likeness (QED) is 0.333. The number of nitrogens with zero attached hydrogens (tertiary/aromatic N) is 2. The SMILES string of the molecule is CC(C/C(C)=N/O)=NO. The van der Waals surface area contributed by atoms with Gasteiger partial charge in [0.2, 0.25) is 0 Å². The molecular formula is C5H10N2O2. The molecule has 0 aliphatic heterocycles. The summed E-state index contributed by atoms with van der Waals surface area (Å²) < 4.78 is 0. The Labute approximate surface area is 53.5 Å². The van der Waals surface area contributed by atoms with Crippen LogP contribution in [0, 0.1) is 0 Å². The van der Waals surface area contributed by atoms with Crippen molar-refractivity contribution in [1.29, 1.82) is 0 Å². The zero-order valence-corrected chi connectivity index (χ0v) is 5.50. The zero-order valence-electron chi connectivity index (χ0n) is 5.50. The molecule has 0 aliphatic rings. The van der Waals surface area contributed by atoms with Gasteiger partial charge in [-0.25, -0.2) is 0 Å². The van der Waals surface area contributed by atoms with E-state index in [4.69, 9.17) is 10.4 Å². The minimum atomic E-state index is 0.410. The molecule has 0 saturated carbocycles. The number of rotatable bonds is 2. The van der Waals surface area contributed by atoms with Gasteiger partial charge in [0.25, 0.3) is 0 Å². The van der Waals surface area contributed by atoms with E-state index >= 15 is 0 Å². The summed E-state index contributed by atoms with van der Waals surface area (Å²) in [5.74, 6) is 0. The topological polar surface area (TPSA) is 65.2 Å². The molecule has 0 spiro atoms. The molecule has 0 aromatic heterocycles. The van der Waals surface area contributed by atoms with E-state index in [0.29, 0.717) is 17.8 Å². The minimum Gasteiger partial charge on any atom is -0.411 e. The van der Waals surface area contributed by atoms with Gasteiger partial charge in [0, 0.05) is 6.42 Å². The van der Waals surface area contributed by atoms with E-state index in [0.717, 1.165) is 0 Å². The highest BCUT2D eigenvalue weighted by molar-refractivity contribution is 6.01. The summed E-state index contributed by atoms with van der Waals surface area (Å²) in [6.07, 6.45) is 0.410. The van der Waals surface area contributed by atoms with Crippen LogP contribution in [0.2, 0.25) is 0 Å². The van der Waals surface area contributed by atoms with Crippen molar-refractivity contribution in [2.75, 3.05) is 0 Å². The molecule has 0 heterocycles. The summed E-state index contributed by atoms with van der Waals surface area (Å²) in [5, 5.41) is 22.1. The van der Waals surface area contributed by atoms with Crippen LogP contribution in [0.1, 0.15) is 20.3 Å². The second-order valence-corrected chi connectivity index (χ2v) is 1.85. The van der Waals surface area contributed by atoms with E-state index in [1.807, 2.05) is 0 Å². The van der Waals surface area contributed by atoms with Crippen molar-refractivity contribution in [3.05, 3.63) is 0 Å². The van der Waals surface area contributed by atoms with Gasteiger partial charge in [0.05, 0.1) is 11.4 Å². The fourth-order valence-corrected chi connectivity index (χ4v) is 0.441. The molecule has 0 aliphatic carbocycles. The van der Waals surface area contributed by atoms with Crippen LogP contribution in [0.3, 0.4) is 0 Å². The van der Waals surface area contributed by atoms with Crippen molar-refractivity contribution < 1.29 is 10.4 Å². The molecule has 0 unspecified atom stereocenters. The molecule has 0 aromatic carbocycles. The van der Waals surface area contributed by atoms with Crippen molar-refractivity contribution in [2.45, 2.75) is 20.3 Å². The maximum absolute atomic E-state index is 8.13. The van der Waals surface area contributed by atoms with E-state index < -0.39 is 0 Å². The minimum absolute atomic E-state index is 0.410. The van der Waals surface area contributed by atoms with Crippen LogP contribution in [-0.2, 0) is 0 Å². The molecule has 0 radical (unpaired) electrons. The first-order chi connectivity index (χ1) is 4.20. The monoisotopic (exact) mass is 130 g/mol. The molecule has 0 rings (SSSR count). The van der Waals surface area contributed by atoms with Crippen LogP contribution in [0.15, 0.2) is 10.3 Å². The summed E-state index contributed by atoms with van der Waals surface area (Å²) in [4.78, 5) is 0. The lowest BCUT2D eigenvalue weighted by Gasteiger charge is -1.92. The van der Waals surface area contributed by atoms with Gasteiger partial charge >= 0.3 is 0 Å². The highest BCUT2D eigenvalue weighted by Gasteiger charge is 1.94. The molecule has 9 heavy (non-hydrogen) atoms. The van der Waals surface area contributed by atoms with Crippen LogP contribution in [0.5, 0.6) is 0 Å². The Morgan fingerprint density at radius 1 is 1.11 bits per heavy atom. The molecule has 52 valence electrons.